The number of amides is 1. The van der Waals surface area contributed by atoms with Gasteiger partial charge in [-0.15, -0.1) is 0 Å². The first-order valence-corrected chi connectivity index (χ1v) is 5.87. The van der Waals surface area contributed by atoms with Crippen LogP contribution in [-0.2, 0) is 4.74 Å². The SMILES string of the molecule is CCCC(C)Nc1cccc(NC(=O)OC)c1. The van der Waals surface area contributed by atoms with Crippen molar-refractivity contribution < 1.29 is 9.53 Å². The lowest BCUT2D eigenvalue weighted by Crippen LogP contribution is -2.15. The van der Waals surface area contributed by atoms with E-state index in [0.29, 0.717) is 6.04 Å². The van der Waals surface area contributed by atoms with E-state index in [0.717, 1.165) is 24.2 Å². The minimum absolute atomic E-state index is 0.424. The highest BCUT2D eigenvalue weighted by molar-refractivity contribution is 5.85. The summed E-state index contributed by atoms with van der Waals surface area (Å²) in [4.78, 5) is 11.1. The normalized spacial score (nSPS) is 11.7. The van der Waals surface area contributed by atoms with Crippen LogP contribution in [0.3, 0.4) is 0 Å². The number of carbonyl (C=O) groups is 1. The zero-order valence-electron chi connectivity index (χ0n) is 10.6. The van der Waals surface area contributed by atoms with Crippen molar-refractivity contribution in [2.24, 2.45) is 0 Å². The lowest BCUT2D eigenvalue weighted by Gasteiger charge is -2.15. The van der Waals surface area contributed by atoms with Gasteiger partial charge in [0.05, 0.1) is 7.11 Å². The summed E-state index contributed by atoms with van der Waals surface area (Å²) in [5.41, 5.74) is 1.73. The molecule has 0 spiro atoms. The Balaban J connectivity index is 2.62. The maximum Gasteiger partial charge on any atom is 0.411 e. The van der Waals surface area contributed by atoms with E-state index in [1.54, 1.807) is 0 Å². The molecular weight excluding hydrogens is 216 g/mol. The first kappa shape index (κ1) is 13.4. The Morgan fingerprint density at radius 2 is 2.12 bits per heavy atom. The number of methoxy groups -OCH3 is 1. The molecule has 1 aromatic carbocycles. The van der Waals surface area contributed by atoms with Gasteiger partial charge in [0.1, 0.15) is 0 Å². The van der Waals surface area contributed by atoms with E-state index in [-0.39, 0.29) is 0 Å². The van der Waals surface area contributed by atoms with Gasteiger partial charge in [-0.05, 0) is 31.5 Å². The third-order valence-corrected chi connectivity index (χ3v) is 2.43. The molecular formula is C13H20N2O2. The van der Waals surface area contributed by atoms with E-state index in [2.05, 4.69) is 29.2 Å². The van der Waals surface area contributed by atoms with Gasteiger partial charge in [0.25, 0.3) is 0 Å². The molecule has 0 aliphatic rings. The zero-order valence-corrected chi connectivity index (χ0v) is 10.6. The first-order chi connectivity index (χ1) is 8.15. The summed E-state index contributed by atoms with van der Waals surface area (Å²) < 4.78 is 4.54. The average molecular weight is 236 g/mol. The predicted molar refractivity (Wildman–Crippen MR) is 70.5 cm³/mol. The van der Waals surface area contributed by atoms with Crippen molar-refractivity contribution in [3.05, 3.63) is 24.3 Å². The van der Waals surface area contributed by atoms with Crippen LogP contribution in [0.5, 0.6) is 0 Å². The molecule has 0 bridgehead atoms. The fourth-order valence-electron chi connectivity index (χ4n) is 1.65. The molecule has 0 fully saturated rings. The Bertz CT molecular complexity index is 366. The highest BCUT2D eigenvalue weighted by atomic mass is 16.5. The topological polar surface area (TPSA) is 50.4 Å². The summed E-state index contributed by atoms with van der Waals surface area (Å²) >= 11 is 0. The molecule has 1 unspecified atom stereocenters. The smallest absolute Gasteiger partial charge is 0.411 e. The van der Waals surface area contributed by atoms with Crippen molar-refractivity contribution in [2.45, 2.75) is 32.7 Å². The lowest BCUT2D eigenvalue weighted by molar-refractivity contribution is 0.187. The molecule has 0 radical (unpaired) electrons. The van der Waals surface area contributed by atoms with Crippen LogP contribution in [0.15, 0.2) is 24.3 Å². The van der Waals surface area contributed by atoms with Gasteiger partial charge in [0.2, 0.25) is 0 Å². The number of nitrogens with one attached hydrogen (secondary N) is 2. The summed E-state index contributed by atoms with van der Waals surface area (Å²) in [6, 6.07) is 8.02. The molecule has 0 saturated carbocycles. The van der Waals surface area contributed by atoms with E-state index in [1.807, 2.05) is 24.3 Å². The Morgan fingerprint density at radius 1 is 1.41 bits per heavy atom. The van der Waals surface area contributed by atoms with Crippen LogP contribution in [0.2, 0.25) is 0 Å². The predicted octanol–water partition coefficient (Wildman–Crippen LogP) is 3.47. The number of anilines is 2. The van der Waals surface area contributed by atoms with Crippen LogP contribution in [0, 0.1) is 0 Å². The lowest BCUT2D eigenvalue weighted by atomic mass is 10.2. The van der Waals surface area contributed by atoms with E-state index in [9.17, 15) is 4.79 Å². The van der Waals surface area contributed by atoms with Crippen LogP contribution in [0.1, 0.15) is 26.7 Å². The fourth-order valence-corrected chi connectivity index (χ4v) is 1.65. The van der Waals surface area contributed by atoms with Crippen molar-refractivity contribution in [3.63, 3.8) is 0 Å². The Morgan fingerprint density at radius 3 is 2.76 bits per heavy atom. The number of rotatable bonds is 5. The standard InChI is InChI=1S/C13H20N2O2/c1-4-6-10(2)14-11-7-5-8-12(9-11)15-13(16)17-3/h5,7-10,14H,4,6H2,1-3H3,(H,15,16). The molecule has 4 nitrogen and oxygen atoms in total. The van der Waals surface area contributed by atoms with Crippen molar-refractivity contribution in [1.29, 1.82) is 0 Å². The molecule has 0 saturated heterocycles. The van der Waals surface area contributed by atoms with Crippen LogP contribution >= 0.6 is 0 Å². The molecule has 1 aromatic rings. The number of hydrogen-bond donors (Lipinski definition) is 2. The van der Waals surface area contributed by atoms with E-state index in [4.69, 9.17) is 0 Å². The monoisotopic (exact) mass is 236 g/mol. The third-order valence-electron chi connectivity index (χ3n) is 2.43. The summed E-state index contributed by atoms with van der Waals surface area (Å²) in [6.45, 7) is 4.30. The van der Waals surface area contributed by atoms with Crippen molar-refractivity contribution in [3.8, 4) is 0 Å². The van der Waals surface area contributed by atoms with Crippen LogP contribution < -0.4 is 10.6 Å². The van der Waals surface area contributed by atoms with Gasteiger partial charge < -0.3 is 10.1 Å². The summed E-state index contributed by atoms with van der Waals surface area (Å²) in [5, 5.41) is 6.02. The fraction of sp³-hybridized carbons (Fsp3) is 0.462. The quantitative estimate of drug-likeness (QED) is 0.823. The number of hydrogen-bond acceptors (Lipinski definition) is 3. The van der Waals surface area contributed by atoms with Gasteiger partial charge in [0.15, 0.2) is 0 Å². The van der Waals surface area contributed by atoms with Gasteiger partial charge in [-0.25, -0.2) is 4.79 Å². The summed E-state index contributed by atoms with van der Waals surface area (Å²) in [5.74, 6) is 0. The van der Waals surface area contributed by atoms with Crippen molar-refractivity contribution >= 4 is 17.5 Å². The highest BCUT2D eigenvalue weighted by Crippen LogP contribution is 2.17. The zero-order chi connectivity index (χ0) is 12.7. The molecule has 0 heterocycles. The van der Waals surface area contributed by atoms with Gasteiger partial charge in [-0.3, -0.25) is 5.32 Å². The minimum Gasteiger partial charge on any atom is -0.453 e. The molecule has 2 N–H and O–H groups in total. The molecule has 4 heteroatoms. The molecule has 0 aliphatic heterocycles. The molecule has 17 heavy (non-hydrogen) atoms. The minimum atomic E-state index is -0.455. The second kappa shape index (κ2) is 6.78. The highest BCUT2D eigenvalue weighted by Gasteiger charge is 2.03. The van der Waals surface area contributed by atoms with Gasteiger partial charge >= 0.3 is 6.09 Å². The molecule has 0 aromatic heterocycles. The van der Waals surface area contributed by atoms with Crippen LogP contribution in [0.25, 0.3) is 0 Å². The number of carbonyl (C=O) groups excluding carboxylic acids is 1. The Kier molecular flexibility index (Phi) is 5.33. The van der Waals surface area contributed by atoms with Crippen LogP contribution in [-0.4, -0.2) is 19.2 Å². The second-order valence-electron chi connectivity index (χ2n) is 4.03. The third kappa shape index (κ3) is 4.76. The van der Waals surface area contributed by atoms with Crippen molar-refractivity contribution in [1.82, 2.24) is 0 Å². The first-order valence-electron chi connectivity index (χ1n) is 5.87. The number of ether oxygens (including phenoxy) is 1. The van der Waals surface area contributed by atoms with Gasteiger partial charge in [0, 0.05) is 17.4 Å². The number of benzene rings is 1. The molecule has 1 amide bonds. The summed E-state index contributed by atoms with van der Waals surface area (Å²) in [6.07, 6.45) is 1.81. The molecule has 94 valence electrons. The largest absolute Gasteiger partial charge is 0.453 e. The maximum atomic E-state index is 11.1. The Hall–Kier alpha value is -1.71. The van der Waals surface area contributed by atoms with Crippen molar-refractivity contribution in [2.75, 3.05) is 17.7 Å². The van der Waals surface area contributed by atoms with Gasteiger partial charge in [-0.1, -0.05) is 19.4 Å². The van der Waals surface area contributed by atoms with E-state index >= 15 is 0 Å². The molecule has 1 rings (SSSR count). The molecule has 0 aliphatic carbocycles. The van der Waals surface area contributed by atoms with Gasteiger partial charge in [-0.2, -0.15) is 0 Å². The Labute approximate surface area is 102 Å². The summed E-state index contributed by atoms with van der Waals surface area (Å²) in [7, 11) is 1.35. The van der Waals surface area contributed by atoms with E-state index in [1.165, 1.54) is 7.11 Å². The second-order valence-corrected chi connectivity index (χ2v) is 4.03. The maximum absolute atomic E-state index is 11.1. The van der Waals surface area contributed by atoms with E-state index < -0.39 is 6.09 Å². The average Bonchev–Trinajstić information content (AvgIpc) is 2.29. The molecule has 1 atom stereocenters. The van der Waals surface area contributed by atoms with Crippen LogP contribution in [0.4, 0.5) is 16.2 Å².